The molecule has 214 valence electrons. The fourth-order valence-corrected chi connectivity index (χ4v) is 8.41. The molecular weight excluding hydrogens is 548 g/mol. The molecule has 2 aromatic rings. The van der Waals surface area contributed by atoms with Gasteiger partial charge in [0.25, 0.3) is 5.91 Å². The molecule has 2 aliphatic heterocycles. The van der Waals surface area contributed by atoms with Crippen LogP contribution in [0.3, 0.4) is 0 Å². The van der Waals surface area contributed by atoms with E-state index in [-0.39, 0.29) is 23.0 Å². The van der Waals surface area contributed by atoms with Crippen molar-refractivity contribution in [3.63, 3.8) is 0 Å². The number of nitrogens with one attached hydrogen (secondary N) is 1. The lowest BCUT2D eigenvalue weighted by Gasteiger charge is -2.45. The van der Waals surface area contributed by atoms with Crippen LogP contribution in [0.4, 0.5) is 5.69 Å². The fraction of sp³-hybridized carbons (Fsp3) is 0.484. The van der Waals surface area contributed by atoms with Gasteiger partial charge in [-0.2, -0.15) is 0 Å². The van der Waals surface area contributed by atoms with Gasteiger partial charge in [0.2, 0.25) is 0 Å². The number of aliphatic hydroxyl groups excluding tert-OH is 2. The van der Waals surface area contributed by atoms with Crippen LogP contribution in [0.25, 0.3) is 0 Å². The van der Waals surface area contributed by atoms with Crippen molar-refractivity contribution < 1.29 is 24.0 Å². The topological polar surface area (TPSA) is 99.1 Å². The van der Waals surface area contributed by atoms with E-state index in [0.717, 1.165) is 55.9 Å². The third kappa shape index (κ3) is 5.39. The van der Waals surface area contributed by atoms with Crippen LogP contribution < -0.4 is 14.4 Å². The molecule has 4 aliphatic rings. The third-order valence-electron chi connectivity index (χ3n) is 9.18. The molecule has 1 unspecified atom stereocenters. The largest absolute Gasteiger partial charge is 0.490 e. The maximum atomic E-state index is 13.2. The Morgan fingerprint density at radius 3 is 2.83 bits per heavy atom. The van der Waals surface area contributed by atoms with Crippen LogP contribution in [0, 0.1) is 11.8 Å². The number of hydrogen-bond acceptors (Lipinski definition) is 6. The van der Waals surface area contributed by atoms with Crippen LogP contribution in [0.5, 0.6) is 5.75 Å². The summed E-state index contributed by atoms with van der Waals surface area (Å²) in [5, 5.41) is 22.2. The van der Waals surface area contributed by atoms with Gasteiger partial charge in [0, 0.05) is 29.1 Å². The predicted molar refractivity (Wildman–Crippen MR) is 160 cm³/mol. The molecular formula is C31H37ClN2O5S. The molecule has 1 fully saturated rings. The highest BCUT2D eigenvalue weighted by Crippen LogP contribution is 2.46. The predicted octanol–water partition coefficient (Wildman–Crippen LogP) is 3.88. The molecule has 1 saturated carbocycles. The van der Waals surface area contributed by atoms with E-state index in [1.54, 1.807) is 12.1 Å². The molecule has 1 amide bonds. The van der Waals surface area contributed by atoms with Crippen molar-refractivity contribution in [1.82, 2.24) is 4.72 Å². The molecule has 3 N–H and O–H groups in total. The molecule has 0 radical (unpaired) electrons. The summed E-state index contributed by atoms with van der Waals surface area (Å²) in [6, 6.07) is 11.5. The number of benzene rings is 2. The Labute approximate surface area is 241 Å². The molecule has 2 aromatic carbocycles. The number of amides is 1. The summed E-state index contributed by atoms with van der Waals surface area (Å²) in [5.74, 6) is 4.11. The van der Waals surface area contributed by atoms with Gasteiger partial charge < -0.3 is 19.8 Å². The van der Waals surface area contributed by atoms with Gasteiger partial charge >= 0.3 is 0 Å². The summed E-state index contributed by atoms with van der Waals surface area (Å²) < 4.78 is 22.1. The maximum Gasteiger partial charge on any atom is 0.262 e. The number of halogens is 1. The number of carbonyl (C=O) groups is 1. The van der Waals surface area contributed by atoms with E-state index in [0.29, 0.717) is 24.3 Å². The molecule has 9 heteroatoms. The van der Waals surface area contributed by atoms with E-state index in [9.17, 15) is 19.2 Å². The summed E-state index contributed by atoms with van der Waals surface area (Å²) in [4.78, 5) is 15.6. The first-order valence-corrected chi connectivity index (χ1v) is 16.4. The molecule has 7 nitrogen and oxygen atoms in total. The number of aryl methyl sites for hydroxylation is 1. The quantitative estimate of drug-likeness (QED) is 0.321. The normalized spacial score (nSPS) is 34.9. The summed E-state index contributed by atoms with van der Waals surface area (Å²) in [5.41, 5.74) is 3.48. The van der Waals surface area contributed by atoms with Gasteiger partial charge in [-0.25, -0.2) is 4.21 Å². The molecule has 2 aliphatic carbocycles. The molecule has 0 saturated heterocycles. The van der Waals surface area contributed by atoms with E-state index in [1.165, 1.54) is 17.2 Å². The van der Waals surface area contributed by atoms with Crippen LogP contribution >= 0.6 is 11.6 Å². The van der Waals surface area contributed by atoms with E-state index >= 15 is 0 Å². The number of anilines is 1. The van der Waals surface area contributed by atoms with Gasteiger partial charge in [0.05, 0.1) is 40.0 Å². The highest BCUT2D eigenvalue weighted by Gasteiger charge is 2.44. The summed E-state index contributed by atoms with van der Waals surface area (Å²) in [6.07, 6.45) is 7.08. The first-order chi connectivity index (χ1) is 19.1. The highest BCUT2D eigenvalue weighted by molar-refractivity contribution is 7.99. The summed E-state index contributed by atoms with van der Waals surface area (Å²) >= 11 is 6.37. The average molecular weight is 585 g/mol. The smallest absolute Gasteiger partial charge is 0.262 e. The van der Waals surface area contributed by atoms with Crippen molar-refractivity contribution in [2.75, 3.05) is 30.3 Å². The Bertz CT molecular complexity index is 1440. The summed E-state index contributed by atoms with van der Waals surface area (Å²) in [6.45, 7) is 1.96. The third-order valence-corrected chi connectivity index (χ3v) is 10.9. The molecule has 0 aromatic heterocycles. The second-order valence-electron chi connectivity index (χ2n) is 12.0. The van der Waals surface area contributed by atoms with Crippen molar-refractivity contribution in [2.24, 2.45) is 11.8 Å². The number of hydrogen-bond donors (Lipinski definition) is 3. The fourth-order valence-electron chi connectivity index (χ4n) is 7.02. The number of ether oxygens (including phenoxy) is 1. The zero-order valence-corrected chi connectivity index (χ0v) is 24.1. The van der Waals surface area contributed by atoms with E-state index in [4.69, 9.17) is 16.3 Å². The lowest BCUT2D eigenvalue weighted by Crippen LogP contribution is -2.49. The van der Waals surface area contributed by atoms with Crippen molar-refractivity contribution in [3.05, 3.63) is 70.3 Å². The molecule has 6 atom stereocenters. The zero-order valence-electron chi connectivity index (χ0n) is 22.6. The summed E-state index contributed by atoms with van der Waals surface area (Å²) in [7, 11) is -3.10. The van der Waals surface area contributed by atoms with Gasteiger partial charge in [-0.15, -0.1) is 0 Å². The van der Waals surface area contributed by atoms with Gasteiger partial charge in [-0.05, 0) is 97.7 Å². The monoisotopic (exact) mass is 584 g/mol. The van der Waals surface area contributed by atoms with Crippen LogP contribution in [0.1, 0.15) is 53.6 Å². The second kappa shape index (κ2) is 10.7. The lowest BCUT2D eigenvalue weighted by molar-refractivity contribution is 0.0176. The first kappa shape index (κ1) is 27.6. The molecule has 2 heterocycles. The molecule has 6 rings (SSSR count). The standard InChI is InChI=1S/C31H37ClN2O5S/c1-40(38)17-24(35)5-2-6-28(36)25-10-7-22(25)16-34-18-31(13-3-4-20-14-23(32)9-11-26(20)31)19-39-29-12-8-21(15-27(29)34)30(37)33-40/h2,5,8-9,11-12,14-15,22,24-25,28,35-36H,1,3-4,6-7,10,13,16-19H2,(H,33,37,38)/b5-2+/t22-,24-,25+,28-,31-,40?/m0/s1. The number of carbonyl (C=O) groups excluding carboxylic acids is 1. The number of fused-ring (bicyclic) bond motifs is 4. The van der Waals surface area contributed by atoms with Gasteiger partial charge in [-0.1, -0.05) is 29.8 Å². The van der Waals surface area contributed by atoms with Crippen molar-refractivity contribution in [3.8, 4) is 5.75 Å². The Morgan fingerprint density at radius 2 is 2.02 bits per heavy atom. The second-order valence-corrected chi connectivity index (χ2v) is 14.6. The van der Waals surface area contributed by atoms with E-state index < -0.39 is 27.8 Å². The highest BCUT2D eigenvalue weighted by atomic mass is 35.5. The van der Waals surface area contributed by atoms with Gasteiger partial charge in [-0.3, -0.25) is 9.52 Å². The lowest BCUT2D eigenvalue weighted by atomic mass is 9.68. The molecule has 40 heavy (non-hydrogen) atoms. The van der Waals surface area contributed by atoms with Gasteiger partial charge in [0.15, 0.2) is 0 Å². The minimum Gasteiger partial charge on any atom is -0.490 e. The Balaban J connectivity index is 1.41. The number of nitrogens with zero attached hydrogens (tertiary/aromatic N) is 1. The van der Waals surface area contributed by atoms with Crippen molar-refractivity contribution in [2.45, 2.75) is 56.1 Å². The van der Waals surface area contributed by atoms with Crippen molar-refractivity contribution in [1.29, 1.82) is 0 Å². The van der Waals surface area contributed by atoms with Crippen LogP contribution in [-0.2, 0) is 21.5 Å². The maximum absolute atomic E-state index is 13.2. The van der Waals surface area contributed by atoms with E-state index in [1.807, 2.05) is 18.2 Å². The Kier molecular flexibility index (Phi) is 7.40. The van der Waals surface area contributed by atoms with Crippen molar-refractivity contribution >= 4 is 38.8 Å². The van der Waals surface area contributed by atoms with Gasteiger partial charge in [0.1, 0.15) is 5.75 Å². The Morgan fingerprint density at radius 1 is 1.18 bits per heavy atom. The number of aliphatic hydroxyl groups is 2. The Hall–Kier alpha value is -2.52. The minimum atomic E-state index is -3.10. The molecule has 1 spiro atoms. The van der Waals surface area contributed by atoms with E-state index in [2.05, 4.69) is 27.6 Å². The first-order valence-electron chi connectivity index (χ1n) is 14.1. The van der Waals surface area contributed by atoms with Crippen LogP contribution in [0.2, 0.25) is 5.02 Å². The average Bonchev–Trinajstić information content (AvgIpc) is 3.02. The minimum absolute atomic E-state index is 0.138. The van der Waals surface area contributed by atoms with Crippen LogP contribution in [-0.4, -0.2) is 63.9 Å². The SMILES string of the molecule is C=S1(=O)C[C@@H](O)/C=C/C[C@H](O)[C@@H]2CC[C@H]2CN2C[C@@]3(CCCc4cc(Cl)ccc43)COc3ccc(cc32)C(=O)N1. The van der Waals surface area contributed by atoms with Crippen LogP contribution in [0.15, 0.2) is 48.6 Å². The number of rotatable bonds is 0. The zero-order chi connectivity index (χ0) is 28.1. The molecule has 2 bridgehead atoms.